The van der Waals surface area contributed by atoms with Gasteiger partial charge in [0.15, 0.2) is 0 Å². The lowest BCUT2D eigenvalue weighted by molar-refractivity contribution is -0.190. The standard InChI is InChI=1S/C15H22/c1-9-5-6-12-14(4)7-11(14)10-8-15(9,12)13(10,2)3/h5,10-12H,6-8H2,1-4H3/t10-,11+,12+,14+,15-/m1/s1. The van der Waals surface area contributed by atoms with Crippen molar-refractivity contribution in [2.24, 2.45) is 34.0 Å². The topological polar surface area (TPSA) is 0 Å². The van der Waals surface area contributed by atoms with Crippen LogP contribution in [0.4, 0.5) is 0 Å². The van der Waals surface area contributed by atoms with Crippen molar-refractivity contribution in [2.75, 3.05) is 0 Å². The maximum atomic E-state index is 2.57. The molecule has 0 heteroatoms. The monoisotopic (exact) mass is 202 g/mol. The molecule has 5 aliphatic carbocycles. The molecule has 0 aromatic heterocycles. The van der Waals surface area contributed by atoms with E-state index in [0.29, 0.717) is 10.8 Å². The molecule has 5 rings (SSSR count). The number of hydrogen-bond donors (Lipinski definition) is 0. The molecule has 0 nitrogen and oxygen atoms in total. The SMILES string of the molecule is CC1=CC[C@H]2[C@@]3(C)C[C@H]3[C@H]3C[C@@]12C3(C)C. The second-order valence-corrected chi connectivity index (χ2v) is 7.50. The molecule has 0 aromatic rings. The molecule has 0 amide bonds. The van der Waals surface area contributed by atoms with E-state index in [0.717, 1.165) is 23.2 Å². The Morgan fingerprint density at radius 3 is 2.53 bits per heavy atom. The first-order valence-electron chi connectivity index (χ1n) is 6.62. The van der Waals surface area contributed by atoms with Gasteiger partial charge in [0.2, 0.25) is 0 Å². The van der Waals surface area contributed by atoms with Gasteiger partial charge in [0.1, 0.15) is 0 Å². The van der Waals surface area contributed by atoms with E-state index in [2.05, 4.69) is 33.8 Å². The molecule has 0 saturated heterocycles. The van der Waals surface area contributed by atoms with Crippen molar-refractivity contribution in [1.82, 2.24) is 0 Å². The van der Waals surface area contributed by atoms with Gasteiger partial charge in [-0.3, -0.25) is 0 Å². The lowest BCUT2D eigenvalue weighted by Gasteiger charge is -2.69. The fourth-order valence-electron chi connectivity index (χ4n) is 6.17. The fourth-order valence-corrected chi connectivity index (χ4v) is 6.17. The normalized spacial score (nSPS) is 62.7. The minimum Gasteiger partial charge on any atom is -0.0847 e. The van der Waals surface area contributed by atoms with Crippen molar-refractivity contribution < 1.29 is 0 Å². The van der Waals surface area contributed by atoms with Gasteiger partial charge in [-0.15, -0.1) is 0 Å². The van der Waals surface area contributed by atoms with E-state index < -0.39 is 0 Å². The van der Waals surface area contributed by atoms with Crippen LogP contribution in [-0.2, 0) is 0 Å². The lowest BCUT2D eigenvalue weighted by atomic mass is 9.34. The van der Waals surface area contributed by atoms with Crippen LogP contribution >= 0.6 is 0 Å². The van der Waals surface area contributed by atoms with Crippen molar-refractivity contribution >= 4 is 0 Å². The van der Waals surface area contributed by atoms with E-state index >= 15 is 0 Å². The largest absolute Gasteiger partial charge is 0.0847 e. The molecule has 0 N–H and O–H groups in total. The van der Waals surface area contributed by atoms with E-state index in [1.165, 1.54) is 19.3 Å². The van der Waals surface area contributed by atoms with Crippen LogP contribution in [-0.4, -0.2) is 0 Å². The Balaban J connectivity index is 1.91. The molecule has 15 heavy (non-hydrogen) atoms. The third kappa shape index (κ3) is 0.610. The van der Waals surface area contributed by atoms with E-state index in [-0.39, 0.29) is 0 Å². The average molecular weight is 202 g/mol. The van der Waals surface area contributed by atoms with E-state index in [1.807, 2.05) is 0 Å². The third-order valence-corrected chi connectivity index (χ3v) is 7.21. The zero-order valence-corrected chi connectivity index (χ0v) is 10.4. The molecule has 0 radical (unpaired) electrons. The summed E-state index contributed by atoms with van der Waals surface area (Å²) < 4.78 is 0. The van der Waals surface area contributed by atoms with Gasteiger partial charge in [-0.1, -0.05) is 32.4 Å². The summed E-state index contributed by atoms with van der Waals surface area (Å²) in [5.41, 5.74) is 3.71. The third-order valence-electron chi connectivity index (χ3n) is 7.21. The molecular weight excluding hydrogens is 180 g/mol. The first-order chi connectivity index (χ1) is 6.94. The fraction of sp³-hybridized carbons (Fsp3) is 0.867. The smallest absolute Gasteiger partial charge is 0.000240 e. The average Bonchev–Trinajstić information content (AvgIpc) is 2.71. The predicted octanol–water partition coefficient (Wildman–Crippen LogP) is 4.02. The number of allylic oxidation sites excluding steroid dienone is 2. The molecule has 5 atom stereocenters. The van der Waals surface area contributed by atoms with Crippen LogP contribution in [0.5, 0.6) is 0 Å². The van der Waals surface area contributed by atoms with Crippen LogP contribution in [0, 0.1) is 34.0 Å². The molecule has 1 spiro atoms. The lowest BCUT2D eigenvalue weighted by Crippen LogP contribution is -2.64. The molecule has 82 valence electrons. The highest BCUT2D eigenvalue weighted by atomic mass is 14.8. The maximum Gasteiger partial charge on any atom is 0.000240 e. The van der Waals surface area contributed by atoms with Crippen molar-refractivity contribution in [2.45, 2.75) is 47.0 Å². The van der Waals surface area contributed by atoms with E-state index in [4.69, 9.17) is 0 Å². The summed E-state index contributed by atoms with van der Waals surface area (Å²) in [5.74, 6) is 3.12. The minimum absolute atomic E-state index is 0.607. The van der Waals surface area contributed by atoms with Crippen molar-refractivity contribution in [1.29, 1.82) is 0 Å². The zero-order chi connectivity index (χ0) is 10.6. The van der Waals surface area contributed by atoms with Crippen molar-refractivity contribution in [3.05, 3.63) is 11.6 Å². The van der Waals surface area contributed by atoms with Gasteiger partial charge in [0.25, 0.3) is 0 Å². The highest BCUT2D eigenvalue weighted by molar-refractivity contribution is 5.39. The van der Waals surface area contributed by atoms with Crippen molar-refractivity contribution in [3.63, 3.8) is 0 Å². The summed E-state index contributed by atoms with van der Waals surface area (Å²) in [6, 6.07) is 0. The summed E-state index contributed by atoms with van der Waals surface area (Å²) in [5, 5.41) is 0. The molecule has 4 fully saturated rings. The van der Waals surface area contributed by atoms with E-state index in [9.17, 15) is 0 Å². The molecule has 5 aliphatic rings. The van der Waals surface area contributed by atoms with Gasteiger partial charge in [0, 0.05) is 5.41 Å². The van der Waals surface area contributed by atoms with Gasteiger partial charge in [-0.05, 0) is 54.8 Å². The summed E-state index contributed by atoms with van der Waals surface area (Å²) in [6.45, 7) is 10.1. The Kier molecular flexibility index (Phi) is 1.15. The summed E-state index contributed by atoms with van der Waals surface area (Å²) >= 11 is 0. The molecule has 0 unspecified atom stereocenters. The Morgan fingerprint density at radius 1 is 1.13 bits per heavy atom. The highest BCUT2D eigenvalue weighted by Crippen LogP contribution is 2.87. The second kappa shape index (κ2) is 1.96. The molecular formula is C15H22. The van der Waals surface area contributed by atoms with Gasteiger partial charge in [0.05, 0.1) is 0 Å². The Labute approximate surface area is 93.1 Å². The second-order valence-electron chi connectivity index (χ2n) is 7.50. The summed E-state index contributed by atoms with van der Waals surface area (Å²) in [4.78, 5) is 0. The van der Waals surface area contributed by atoms with Crippen LogP contribution < -0.4 is 0 Å². The number of hydrogen-bond acceptors (Lipinski definition) is 0. The molecule has 0 aromatic carbocycles. The van der Waals surface area contributed by atoms with Gasteiger partial charge in [-0.2, -0.15) is 0 Å². The maximum absolute atomic E-state index is 2.57. The van der Waals surface area contributed by atoms with Crippen LogP contribution in [0.2, 0.25) is 0 Å². The van der Waals surface area contributed by atoms with Crippen LogP contribution in [0.1, 0.15) is 47.0 Å². The van der Waals surface area contributed by atoms with Crippen molar-refractivity contribution in [3.8, 4) is 0 Å². The Hall–Kier alpha value is -0.260. The Morgan fingerprint density at radius 2 is 1.87 bits per heavy atom. The van der Waals surface area contributed by atoms with E-state index in [1.54, 1.807) is 5.57 Å². The Bertz CT molecular complexity index is 389. The van der Waals surface area contributed by atoms with Crippen LogP contribution in [0.3, 0.4) is 0 Å². The minimum atomic E-state index is 0.607. The molecule has 0 heterocycles. The molecule has 4 saturated carbocycles. The summed E-state index contributed by atoms with van der Waals surface area (Å²) in [7, 11) is 0. The van der Waals surface area contributed by atoms with Crippen LogP contribution in [0.15, 0.2) is 11.6 Å². The predicted molar refractivity (Wildman–Crippen MR) is 62.4 cm³/mol. The number of rotatable bonds is 0. The highest BCUT2D eigenvalue weighted by Gasteiger charge is 2.80. The first-order valence-corrected chi connectivity index (χ1v) is 6.62. The molecule has 0 aliphatic heterocycles. The summed E-state index contributed by atoms with van der Waals surface area (Å²) in [6.07, 6.45) is 7.01. The van der Waals surface area contributed by atoms with Crippen LogP contribution in [0.25, 0.3) is 0 Å². The van der Waals surface area contributed by atoms with Gasteiger partial charge in [-0.25, -0.2) is 0 Å². The van der Waals surface area contributed by atoms with Gasteiger partial charge < -0.3 is 0 Å². The molecule has 2 bridgehead atoms. The van der Waals surface area contributed by atoms with Gasteiger partial charge >= 0.3 is 0 Å². The quantitative estimate of drug-likeness (QED) is 0.520. The first kappa shape index (κ1) is 8.84. The zero-order valence-electron chi connectivity index (χ0n) is 10.4.